The zero-order valence-corrected chi connectivity index (χ0v) is 22.4. The Morgan fingerprint density at radius 2 is 1.85 bits per heavy atom. The first-order valence-electron chi connectivity index (χ1n) is 11.8. The summed E-state index contributed by atoms with van der Waals surface area (Å²) in [6, 6.07) is 7.63. The van der Waals surface area contributed by atoms with E-state index in [2.05, 4.69) is 20.0 Å². The van der Waals surface area contributed by atoms with Crippen molar-refractivity contribution in [1.29, 1.82) is 0 Å². The van der Waals surface area contributed by atoms with Gasteiger partial charge in [-0.1, -0.05) is 6.07 Å². The summed E-state index contributed by atoms with van der Waals surface area (Å²) in [5.41, 5.74) is 1.97. The highest BCUT2D eigenvalue weighted by Gasteiger charge is 2.31. The molecule has 1 saturated carbocycles. The maximum absolute atomic E-state index is 13.9. The Balaban J connectivity index is 1.35. The zero-order valence-electron chi connectivity index (χ0n) is 20.8. The molecule has 0 saturated heterocycles. The number of aryl methyl sites for hydroxylation is 1. The summed E-state index contributed by atoms with van der Waals surface area (Å²) >= 11 is 1.16. The number of benzene rings is 2. The SMILES string of the molecule is COc1c(F)ccc(CNc2cnc(S(=O)(=O)Nc3nc(-c4ccc(F)c(F)c4)c(C4CC4)s3)c(C)c2)c1O. The zero-order chi connectivity index (χ0) is 27.9. The quantitative estimate of drug-likeness (QED) is 0.226. The van der Waals surface area contributed by atoms with Crippen LogP contribution in [0.4, 0.5) is 24.0 Å². The number of ether oxygens (including phenoxy) is 1. The molecule has 0 unspecified atom stereocenters. The first-order chi connectivity index (χ1) is 18.6. The molecule has 2 heterocycles. The molecule has 2 aromatic heterocycles. The van der Waals surface area contributed by atoms with Crippen molar-refractivity contribution in [2.75, 3.05) is 17.1 Å². The Morgan fingerprint density at radius 3 is 2.51 bits per heavy atom. The highest BCUT2D eigenvalue weighted by molar-refractivity contribution is 7.92. The van der Waals surface area contributed by atoms with Crippen LogP contribution >= 0.6 is 11.3 Å². The summed E-state index contributed by atoms with van der Waals surface area (Å²) in [6.45, 7) is 1.68. The highest BCUT2D eigenvalue weighted by atomic mass is 32.2. The van der Waals surface area contributed by atoms with Crippen LogP contribution in [0.2, 0.25) is 0 Å². The summed E-state index contributed by atoms with van der Waals surface area (Å²) < 4.78 is 74.7. The van der Waals surface area contributed by atoms with E-state index in [0.717, 1.165) is 41.2 Å². The summed E-state index contributed by atoms with van der Waals surface area (Å²) in [6.07, 6.45) is 3.13. The van der Waals surface area contributed by atoms with E-state index in [4.69, 9.17) is 4.74 Å². The van der Waals surface area contributed by atoms with Crippen molar-refractivity contribution in [3.8, 4) is 22.8 Å². The number of aromatic nitrogens is 2. The second-order valence-corrected chi connectivity index (χ2v) is 11.7. The van der Waals surface area contributed by atoms with Crippen molar-refractivity contribution in [1.82, 2.24) is 9.97 Å². The molecule has 3 N–H and O–H groups in total. The Labute approximate surface area is 226 Å². The third kappa shape index (κ3) is 5.50. The second kappa shape index (κ2) is 10.4. The number of halogens is 3. The number of hydrogen-bond donors (Lipinski definition) is 3. The fourth-order valence-electron chi connectivity index (χ4n) is 4.07. The van der Waals surface area contributed by atoms with Gasteiger partial charge in [-0.25, -0.2) is 23.1 Å². The number of aromatic hydroxyl groups is 1. The van der Waals surface area contributed by atoms with Crippen molar-refractivity contribution >= 4 is 32.2 Å². The number of nitrogens with zero attached hydrogens (tertiary/aromatic N) is 2. The van der Waals surface area contributed by atoms with E-state index in [0.29, 0.717) is 28.1 Å². The topological polar surface area (TPSA) is 113 Å². The first kappa shape index (κ1) is 26.8. The van der Waals surface area contributed by atoms with E-state index >= 15 is 0 Å². The number of methoxy groups -OCH3 is 1. The minimum absolute atomic E-state index is 0.0979. The predicted molar refractivity (Wildman–Crippen MR) is 141 cm³/mol. The molecule has 204 valence electrons. The standard InChI is InChI=1S/C26H23F3N4O4S2/c1-13-9-17(30-11-16-6-8-19(28)23(37-2)22(16)34)12-31-25(13)39(35,36)33-26-32-21(24(38-26)14-3-4-14)15-5-7-18(27)20(29)10-15/h5-10,12,14,30,34H,3-4,11H2,1-2H3,(H,32,33). The van der Waals surface area contributed by atoms with Crippen LogP contribution in [0.1, 0.15) is 34.8 Å². The van der Waals surface area contributed by atoms with E-state index in [1.807, 2.05) is 0 Å². The smallest absolute Gasteiger partial charge is 0.281 e. The molecule has 0 radical (unpaired) electrons. The van der Waals surface area contributed by atoms with Gasteiger partial charge >= 0.3 is 0 Å². The largest absolute Gasteiger partial charge is 0.504 e. The van der Waals surface area contributed by atoms with Crippen LogP contribution in [0.5, 0.6) is 11.5 Å². The Hall–Kier alpha value is -3.84. The molecule has 13 heteroatoms. The molecule has 0 amide bonds. The molecule has 39 heavy (non-hydrogen) atoms. The van der Waals surface area contributed by atoms with Crippen LogP contribution in [0.15, 0.2) is 47.6 Å². The Morgan fingerprint density at radius 1 is 1.10 bits per heavy atom. The molecule has 0 atom stereocenters. The van der Waals surface area contributed by atoms with E-state index in [1.54, 1.807) is 13.0 Å². The molecule has 0 spiro atoms. The van der Waals surface area contributed by atoms with Crippen LogP contribution in [0.3, 0.4) is 0 Å². The van der Waals surface area contributed by atoms with Crippen LogP contribution in [-0.2, 0) is 16.6 Å². The number of thiazole rings is 1. The van der Waals surface area contributed by atoms with Crippen molar-refractivity contribution < 1.29 is 31.4 Å². The average molecular weight is 577 g/mol. The van der Waals surface area contributed by atoms with Gasteiger partial charge in [0.2, 0.25) is 0 Å². The molecule has 0 bridgehead atoms. The van der Waals surface area contributed by atoms with E-state index in [9.17, 15) is 26.7 Å². The van der Waals surface area contributed by atoms with Gasteiger partial charge in [-0.3, -0.25) is 4.72 Å². The van der Waals surface area contributed by atoms with E-state index < -0.39 is 27.5 Å². The molecule has 0 aliphatic heterocycles. The number of pyridine rings is 1. The van der Waals surface area contributed by atoms with Crippen LogP contribution in [-0.4, -0.2) is 30.6 Å². The van der Waals surface area contributed by atoms with Gasteiger partial charge in [-0.15, -0.1) is 11.3 Å². The van der Waals surface area contributed by atoms with Crippen LogP contribution in [0, 0.1) is 24.4 Å². The van der Waals surface area contributed by atoms with Gasteiger partial charge in [0.15, 0.2) is 39.1 Å². The number of phenols is 1. The molecule has 1 fully saturated rings. The maximum atomic E-state index is 13.9. The number of sulfonamides is 1. The van der Waals surface area contributed by atoms with Gasteiger partial charge in [0.05, 0.1) is 24.7 Å². The monoisotopic (exact) mass is 576 g/mol. The maximum Gasteiger partial charge on any atom is 0.281 e. The number of rotatable bonds is 9. The Kier molecular flexibility index (Phi) is 7.12. The summed E-state index contributed by atoms with van der Waals surface area (Å²) in [7, 11) is -2.88. The summed E-state index contributed by atoms with van der Waals surface area (Å²) in [4.78, 5) is 9.32. The van der Waals surface area contributed by atoms with Gasteiger partial charge < -0.3 is 15.2 Å². The van der Waals surface area contributed by atoms with Gasteiger partial charge in [0.1, 0.15) is 0 Å². The average Bonchev–Trinajstić information content (AvgIpc) is 3.65. The van der Waals surface area contributed by atoms with Crippen LogP contribution in [0.25, 0.3) is 11.3 Å². The Bertz CT molecular complexity index is 1670. The normalized spacial score (nSPS) is 13.4. The molecule has 4 aromatic rings. The molecule has 1 aliphatic carbocycles. The third-order valence-electron chi connectivity index (χ3n) is 6.16. The number of nitrogens with one attached hydrogen (secondary N) is 2. The van der Waals surface area contributed by atoms with Gasteiger partial charge in [0.25, 0.3) is 10.0 Å². The lowest BCUT2D eigenvalue weighted by atomic mass is 10.1. The predicted octanol–water partition coefficient (Wildman–Crippen LogP) is 5.94. The van der Waals surface area contributed by atoms with Crippen molar-refractivity contribution in [2.24, 2.45) is 0 Å². The van der Waals surface area contributed by atoms with Gasteiger partial charge in [0, 0.05) is 22.5 Å². The van der Waals surface area contributed by atoms with Gasteiger partial charge in [-0.2, -0.15) is 8.42 Å². The fourth-order valence-corrected chi connectivity index (χ4v) is 6.62. The van der Waals surface area contributed by atoms with Crippen molar-refractivity contribution in [3.63, 3.8) is 0 Å². The fraction of sp³-hybridized carbons (Fsp3) is 0.231. The lowest BCUT2D eigenvalue weighted by Crippen LogP contribution is -2.16. The molecular formula is C26H23F3N4O4S2. The molecule has 2 aromatic carbocycles. The third-order valence-corrected chi connectivity index (χ3v) is 8.82. The highest BCUT2D eigenvalue weighted by Crippen LogP contribution is 2.48. The molecule has 8 nitrogen and oxygen atoms in total. The summed E-state index contributed by atoms with van der Waals surface area (Å²) in [5, 5.41) is 13.1. The lowest BCUT2D eigenvalue weighted by Gasteiger charge is -2.13. The van der Waals surface area contributed by atoms with Crippen molar-refractivity contribution in [3.05, 3.63) is 76.1 Å². The number of anilines is 2. The van der Waals surface area contributed by atoms with E-state index in [1.165, 1.54) is 31.5 Å². The minimum atomic E-state index is -4.13. The second-order valence-electron chi connectivity index (χ2n) is 9.03. The minimum Gasteiger partial charge on any atom is -0.504 e. The number of phenolic OH excluding ortho intramolecular Hbond substituents is 1. The summed E-state index contributed by atoms with van der Waals surface area (Å²) in [5.74, 6) is -3.09. The van der Waals surface area contributed by atoms with E-state index in [-0.39, 0.29) is 34.1 Å². The van der Waals surface area contributed by atoms with Crippen LogP contribution < -0.4 is 14.8 Å². The molecule has 1 aliphatic rings. The molecular weight excluding hydrogens is 553 g/mol. The lowest BCUT2D eigenvalue weighted by molar-refractivity contribution is 0.349. The number of hydrogen-bond acceptors (Lipinski definition) is 8. The first-order valence-corrected chi connectivity index (χ1v) is 14.1. The van der Waals surface area contributed by atoms with Crippen molar-refractivity contribution in [2.45, 2.75) is 37.3 Å². The molecule has 5 rings (SSSR count). The van der Waals surface area contributed by atoms with Gasteiger partial charge in [-0.05, 0) is 61.6 Å².